The fourth-order valence-corrected chi connectivity index (χ4v) is 0.623. The highest BCUT2D eigenvalue weighted by Crippen LogP contribution is 2.04. The summed E-state index contributed by atoms with van der Waals surface area (Å²) in [5.74, 6) is -0.161. The van der Waals surface area contributed by atoms with E-state index in [4.69, 9.17) is 9.84 Å². The van der Waals surface area contributed by atoms with Crippen LogP contribution in [0.1, 0.15) is 20.3 Å². The number of aliphatic hydroxyl groups excluding tert-OH is 1. The number of hydrogen-bond acceptors (Lipinski definition) is 3. The van der Waals surface area contributed by atoms with Crippen LogP contribution in [-0.4, -0.2) is 23.8 Å². The zero-order valence-corrected chi connectivity index (χ0v) is 6.96. The van der Waals surface area contributed by atoms with Crippen molar-refractivity contribution in [1.29, 1.82) is 0 Å². The first kappa shape index (κ1) is 10.3. The lowest BCUT2D eigenvalue weighted by atomic mass is 10.1. The van der Waals surface area contributed by atoms with Crippen LogP contribution in [-0.2, 0) is 9.53 Å². The molecule has 1 N–H and O–H groups in total. The van der Waals surface area contributed by atoms with E-state index >= 15 is 0 Å². The van der Waals surface area contributed by atoms with Gasteiger partial charge in [-0.1, -0.05) is 13.5 Å². The molecular formula is C8H14O3. The number of hydrogen-bond donors (Lipinski definition) is 1. The van der Waals surface area contributed by atoms with Gasteiger partial charge in [0.25, 0.3) is 0 Å². The second-order valence-corrected chi connectivity index (χ2v) is 2.11. The molecule has 11 heavy (non-hydrogen) atoms. The van der Waals surface area contributed by atoms with Crippen molar-refractivity contribution < 1.29 is 14.6 Å². The van der Waals surface area contributed by atoms with Crippen molar-refractivity contribution in [3.05, 3.63) is 12.2 Å². The molecule has 1 unspecified atom stereocenters. The van der Waals surface area contributed by atoms with Gasteiger partial charge in [-0.15, -0.1) is 0 Å². The molecule has 0 heterocycles. The first-order chi connectivity index (χ1) is 5.13. The SMILES string of the molecule is C=C(C(=O)CC)C(O)OCC. The molecule has 0 saturated heterocycles. The molecule has 0 bridgehead atoms. The van der Waals surface area contributed by atoms with Crippen molar-refractivity contribution in [1.82, 2.24) is 0 Å². The van der Waals surface area contributed by atoms with Crippen molar-refractivity contribution in [2.45, 2.75) is 26.6 Å². The van der Waals surface area contributed by atoms with Crippen molar-refractivity contribution in [3.8, 4) is 0 Å². The molecule has 64 valence electrons. The maximum atomic E-state index is 10.9. The molecule has 0 saturated carbocycles. The van der Waals surface area contributed by atoms with Crippen LogP contribution in [0.5, 0.6) is 0 Å². The van der Waals surface area contributed by atoms with Gasteiger partial charge < -0.3 is 9.84 Å². The normalized spacial score (nSPS) is 12.6. The summed E-state index contributed by atoms with van der Waals surface area (Å²) >= 11 is 0. The molecule has 0 rings (SSSR count). The van der Waals surface area contributed by atoms with E-state index in [1.165, 1.54) is 0 Å². The number of aliphatic hydroxyl groups is 1. The van der Waals surface area contributed by atoms with Gasteiger partial charge in [-0.3, -0.25) is 4.79 Å². The number of carbonyl (C=O) groups excluding carboxylic acids is 1. The molecule has 0 fully saturated rings. The Morgan fingerprint density at radius 1 is 1.64 bits per heavy atom. The van der Waals surface area contributed by atoms with E-state index in [0.717, 1.165) is 0 Å². The summed E-state index contributed by atoms with van der Waals surface area (Å²) in [6, 6.07) is 0. The standard InChI is InChI=1S/C8H14O3/c1-4-7(9)6(3)8(10)11-5-2/h8,10H,3-5H2,1-2H3. The topological polar surface area (TPSA) is 46.5 Å². The Kier molecular flexibility index (Phi) is 4.74. The van der Waals surface area contributed by atoms with Crippen molar-refractivity contribution in [2.24, 2.45) is 0 Å². The average molecular weight is 158 g/mol. The van der Waals surface area contributed by atoms with Crippen LogP contribution < -0.4 is 0 Å². The predicted octanol–water partition coefficient (Wildman–Crippen LogP) is 0.877. The summed E-state index contributed by atoms with van der Waals surface area (Å²) < 4.78 is 4.76. The third-order valence-electron chi connectivity index (χ3n) is 1.30. The maximum absolute atomic E-state index is 10.9. The lowest BCUT2D eigenvalue weighted by molar-refractivity contribution is -0.121. The Labute approximate surface area is 66.7 Å². The lowest BCUT2D eigenvalue weighted by Gasteiger charge is -2.10. The first-order valence-corrected chi connectivity index (χ1v) is 3.65. The molecule has 0 aliphatic heterocycles. The highest BCUT2D eigenvalue weighted by atomic mass is 16.6. The summed E-state index contributed by atoms with van der Waals surface area (Å²) in [5, 5.41) is 9.08. The van der Waals surface area contributed by atoms with E-state index in [9.17, 15) is 4.79 Å². The van der Waals surface area contributed by atoms with Gasteiger partial charge in [-0.05, 0) is 6.92 Å². The summed E-state index contributed by atoms with van der Waals surface area (Å²) in [6.45, 7) is 7.25. The summed E-state index contributed by atoms with van der Waals surface area (Å²) in [5.41, 5.74) is 0.134. The van der Waals surface area contributed by atoms with Crippen molar-refractivity contribution in [3.63, 3.8) is 0 Å². The molecule has 0 aliphatic rings. The summed E-state index contributed by atoms with van der Waals surface area (Å²) in [4.78, 5) is 10.9. The Bertz CT molecular complexity index is 151. The predicted molar refractivity (Wildman–Crippen MR) is 42.1 cm³/mol. The van der Waals surface area contributed by atoms with Crippen LogP contribution in [0.25, 0.3) is 0 Å². The zero-order chi connectivity index (χ0) is 8.85. The van der Waals surface area contributed by atoms with E-state index in [1.807, 2.05) is 0 Å². The Morgan fingerprint density at radius 2 is 2.18 bits per heavy atom. The molecular weight excluding hydrogens is 144 g/mol. The van der Waals surface area contributed by atoms with Gasteiger partial charge in [-0.2, -0.15) is 0 Å². The van der Waals surface area contributed by atoms with Gasteiger partial charge in [0.05, 0.1) is 0 Å². The molecule has 0 aromatic rings. The zero-order valence-electron chi connectivity index (χ0n) is 6.96. The Balaban J connectivity index is 3.91. The van der Waals surface area contributed by atoms with Crippen molar-refractivity contribution in [2.75, 3.05) is 6.61 Å². The smallest absolute Gasteiger partial charge is 0.184 e. The Hall–Kier alpha value is -0.670. The minimum Gasteiger partial charge on any atom is -0.364 e. The van der Waals surface area contributed by atoms with E-state index < -0.39 is 6.29 Å². The monoisotopic (exact) mass is 158 g/mol. The van der Waals surface area contributed by atoms with Crippen LogP contribution in [0.15, 0.2) is 12.2 Å². The maximum Gasteiger partial charge on any atom is 0.184 e. The lowest BCUT2D eigenvalue weighted by Crippen LogP contribution is -2.19. The molecule has 0 aromatic carbocycles. The second kappa shape index (κ2) is 5.04. The van der Waals surface area contributed by atoms with E-state index in [2.05, 4.69) is 6.58 Å². The number of ketones is 1. The van der Waals surface area contributed by atoms with E-state index in [1.54, 1.807) is 13.8 Å². The average Bonchev–Trinajstić information content (AvgIpc) is 2.02. The first-order valence-electron chi connectivity index (χ1n) is 3.65. The number of ether oxygens (including phenoxy) is 1. The molecule has 0 radical (unpaired) electrons. The van der Waals surface area contributed by atoms with Gasteiger partial charge in [0.2, 0.25) is 0 Å². The van der Waals surface area contributed by atoms with Gasteiger partial charge in [0, 0.05) is 18.6 Å². The molecule has 0 aliphatic carbocycles. The highest BCUT2D eigenvalue weighted by molar-refractivity contribution is 5.95. The van der Waals surface area contributed by atoms with Crippen LogP contribution >= 0.6 is 0 Å². The molecule has 0 aromatic heterocycles. The Morgan fingerprint density at radius 3 is 2.55 bits per heavy atom. The van der Waals surface area contributed by atoms with Gasteiger partial charge in [0.15, 0.2) is 12.1 Å². The minimum atomic E-state index is -1.13. The molecule has 0 amide bonds. The quantitative estimate of drug-likeness (QED) is 0.477. The van der Waals surface area contributed by atoms with Crippen LogP contribution in [0.4, 0.5) is 0 Å². The fraction of sp³-hybridized carbons (Fsp3) is 0.625. The third kappa shape index (κ3) is 3.30. The number of rotatable bonds is 5. The number of Topliss-reactive ketones (excluding diaryl/α,β-unsaturated/α-hetero) is 1. The van der Waals surface area contributed by atoms with Crippen molar-refractivity contribution >= 4 is 5.78 Å². The molecule has 1 atom stereocenters. The largest absolute Gasteiger partial charge is 0.364 e. The molecule has 3 nitrogen and oxygen atoms in total. The molecule has 3 heteroatoms. The number of carbonyl (C=O) groups is 1. The summed E-state index contributed by atoms with van der Waals surface area (Å²) in [6.07, 6.45) is -0.782. The van der Waals surface area contributed by atoms with Crippen LogP contribution in [0.3, 0.4) is 0 Å². The van der Waals surface area contributed by atoms with Gasteiger partial charge in [0.1, 0.15) is 0 Å². The van der Waals surface area contributed by atoms with Crippen LogP contribution in [0.2, 0.25) is 0 Å². The second-order valence-electron chi connectivity index (χ2n) is 2.11. The van der Waals surface area contributed by atoms with Gasteiger partial charge in [-0.25, -0.2) is 0 Å². The highest BCUT2D eigenvalue weighted by Gasteiger charge is 2.13. The van der Waals surface area contributed by atoms with E-state index in [0.29, 0.717) is 13.0 Å². The minimum absolute atomic E-state index is 0.134. The van der Waals surface area contributed by atoms with Crippen LogP contribution in [0, 0.1) is 0 Å². The fourth-order valence-electron chi connectivity index (χ4n) is 0.623. The summed E-state index contributed by atoms with van der Waals surface area (Å²) in [7, 11) is 0. The van der Waals surface area contributed by atoms with Gasteiger partial charge >= 0.3 is 0 Å². The van der Waals surface area contributed by atoms with E-state index in [-0.39, 0.29) is 11.4 Å². The molecule has 0 spiro atoms. The third-order valence-corrected chi connectivity index (χ3v) is 1.30.